The second-order valence-corrected chi connectivity index (χ2v) is 3.87. The van der Waals surface area contributed by atoms with Crippen LogP contribution in [-0.4, -0.2) is 20.7 Å². The van der Waals surface area contributed by atoms with Gasteiger partial charge in [0.15, 0.2) is 0 Å². The maximum Gasteiger partial charge on any atom is 0.326 e. The van der Waals surface area contributed by atoms with E-state index in [4.69, 9.17) is 4.74 Å². The zero-order chi connectivity index (χ0) is 12.8. The summed E-state index contributed by atoms with van der Waals surface area (Å²) in [4.78, 5) is 11.7. The predicted molar refractivity (Wildman–Crippen MR) is 65.6 cm³/mol. The van der Waals surface area contributed by atoms with Crippen LogP contribution in [0.4, 0.5) is 0 Å². The molecule has 0 amide bonds. The Balaban J connectivity index is 1.86. The average molecular weight is 245 g/mol. The largest absolute Gasteiger partial charge is 0.459 e. The molecule has 5 heteroatoms. The molecule has 0 atom stereocenters. The number of hydrogen-bond donors (Lipinski definition) is 0. The lowest BCUT2D eigenvalue weighted by Gasteiger charge is -2.06. The summed E-state index contributed by atoms with van der Waals surface area (Å²) in [5, 5.41) is 7.68. The molecule has 0 aliphatic rings. The van der Waals surface area contributed by atoms with Crippen molar-refractivity contribution < 1.29 is 9.53 Å². The van der Waals surface area contributed by atoms with Crippen molar-refractivity contribution in [3.05, 3.63) is 48.0 Å². The number of carbonyl (C=O) groups excluding carboxylic acids is 1. The van der Waals surface area contributed by atoms with Gasteiger partial charge in [0.05, 0.1) is 0 Å². The molecule has 1 heterocycles. The Morgan fingerprint density at radius 2 is 2.11 bits per heavy atom. The quantitative estimate of drug-likeness (QED) is 0.750. The van der Waals surface area contributed by atoms with Gasteiger partial charge in [-0.1, -0.05) is 37.3 Å². The van der Waals surface area contributed by atoms with Crippen molar-refractivity contribution in [3.63, 3.8) is 0 Å². The highest BCUT2D eigenvalue weighted by Gasteiger charge is 2.08. The van der Waals surface area contributed by atoms with Crippen LogP contribution in [0.2, 0.25) is 0 Å². The van der Waals surface area contributed by atoms with E-state index < -0.39 is 0 Å². The number of aromatic nitrogens is 3. The van der Waals surface area contributed by atoms with Gasteiger partial charge in [0.1, 0.15) is 25.3 Å². The Morgan fingerprint density at radius 1 is 1.33 bits per heavy atom. The molecule has 0 unspecified atom stereocenters. The molecule has 2 aromatic rings. The molecule has 0 saturated carbocycles. The highest BCUT2D eigenvalue weighted by Crippen LogP contribution is 2.02. The monoisotopic (exact) mass is 245 g/mol. The Hall–Kier alpha value is -2.17. The maximum atomic E-state index is 11.7. The number of aryl methyl sites for hydroxylation is 1. The molecule has 0 aliphatic heterocycles. The van der Waals surface area contributed by atoms with E-state index in [1.807, 2.05) is 37.3 Å². The minimum Gasteiger partial charge on any atom is -0.459 e. The van der Waals surface area contributed by atoms with Crippen LogP contribution in [0.3, 0.4) is 0 Å². The van der Waals surface area contributed by atoms with Crippen LogP contribution < -0.4 is 0 Å². The average Bonchev–Trinajstić information content (AvgIpc) is 2.85. The summed E-state index contributed by atoms with van der Waals surface area (Å²) in [5.74, 6) is 0.500. The number of nitrogens with zero attached hydrogens (tertiary/aromatic N) is 3. The molecular formula is C13H15N3O2. The van der Waals surface area contributed by atoms with Gasteiger partial charge in [-0.2, -0.15) is 0 Å². The fraction of sp³-hybridized carbons (Fsp3) is 0.308. The van der Waals surface area contributed by atoms with Crippen molar-refractivity contribution in [1.29, 1.82) is 0 Å². The van der Waals surface area contributed by atoms with Gasteiger partial charge in [-0.25, -0.2) is 0 Å². The summed E-state index contributed by atoms with van der Waals surface area (Å²) < 4.78 is 6.89. The summed E-state index contributed by atoms with van der Waals surface area (Å²) >= 11 is 0. The minimum absolute atomic E-state index is 0.156. The first-order valence-electron chi connectivity index (χ1n) is 5.86. The standard InChI is InChI=1S/C13H15N3O2/c1-2-12-15-14-10-16(12)8-13(17)18-9-11-6-4-3-5-7-11/h3-7,10H,2,8-9H2,1H3. The first-order chi connectivity index (χ1) is 8.79. The van der Waals surface area contributed by atoms with Gasteiger partial charge in [-0.3, -0.25) is 4.79 Å². The third kappa shape index (κ3) is 3.16. The number of rotatable bonds is 5. The maximum absolute atomic E-state index is 11.7. The molecule has 0 spiro atoms. The topological polar surface area (TPSA) is 57.0 Å². The SMILES string of the molecule is CCc1nncn1CC(=O)OCc1ccccc1. The van der Waals surface area contributed by atoms with Crippen LogP contribution >= 0.6 is 0 Å². The summed E-state index contributed by atoms with van der Waals surface area (Å²) in [6.45, 7) is 2.42. The lowest BCUT2D eigenvalue weighted by atomic mass is 10.2. The molecule has 0 aliphatic carbocycles. The number of benzene rings is 1. The van der Waals surface area contributed by atoms with E-state index >= 15 is 0 Å². The molecule has 0 bridgehead atoms. The summed E-state index contributed by atoms with van der Waals surface area (Å²) in [6.07, 6.45) is 2.29. The van der Waals surface area contributed by atoms with Gasteiger partial charge >= 0.3 is 5.97 Å². The van der Waals surface area contributed by atoms with Crippen molar-refractivity contribution in [1.82, 2.24) is 14.8 Å². The van der Waals surface area contributed by atoms with Crippen LogP contribution in [0.15, 0.2) is 36.7 Å². The molecule has 1 aromatic heterocycles. The molecule has 0 fully saturated rings. The van der Waals surface area contributed by atoms with Crippen LogP contribution in [0.5, 0.6) is 0 Å². The molecule has 18 heavy (non-hydrogen) atoms. The van der Waals surface area contributed by atoms with Crippen molar-refractivity contribution in [2.24, 2.45) is 0 Å². The molecular weight excluding hydrogens is 230 g/mol. The van der Waals surface area contributed by atoms with Gasteiger partial charge in [0.2, 0.25) is 0 Å². The molecule has 0 N–H and O–H groups in total. The van der Waals surface area contributed by atoms with Crippen molar-refractivity contribution in [2.75, 3.05) is 0 Å². The Bertz CT molecular complexity index is 508. The second-order valence-electron chi connectivity index (χ2n) is 3.87. The number of ether oxygens (including phenoxy) is 1. The number of esters is 1. The number of hydrogen-bond acceptors (Lipinski definition) is 4. The van der Waals surface area contributed by atoms with Gasteiger partial charge in [-0.15, -0.1) is 10.2 Å². The third-order valence-corrected chi connectivity index (χ3v) is 2.55. The fourth-order valence-electron chi connectivity index (χ4n) is 1.61. The van der Waals surface area contributed by atoms with Crippen LogP contribution in [0.1, 0.15) is 18.3 Å². The van der Waals surface area contributed by atoms with Crippen molar-refractivity contribution >= 4 is 5.97 Å². The first-order valence-corrected chi connectivity index (χ1v) is 5.86. The van der Waals surface area contributed by atoms with E-state index in [-0.39, 0.29) is 12.5 Å². The lowest BCUT2D eigenvalue weighted by Crippen LogP contribution is -2.14. The van der Waals surface area contributed by atoms with Gasteiger partial charge in [-0.05, 0) is 5.56 Å². The highest BCUT2D eigenvalue weighted by molar-refractivity contribution is 5.69. The molecule has 2 rings (SSSR count). The fourth-order valence-corrected chi connectivity index (χ4v) is 1.61. The van der Waals surface area contributed by atoms with E-state index in [1.54, 1.807) is 10.9 Å². The molecule has 94 valence electrons. The molecule has 1 aromatic carbocycles. The van der Waals surface area contributed by atoms with Gasteiger partial charge in [0.25, 0.3) is 0 Å². The van der Waals surface area contributed by atoms with Gasteiger partial charge in [0, 0.05) is 6.42 Å². The molecule has 0 saturated heterocycles. The van der Waals surface area contributed by atoms with E-state index in [9.17, 15) is 4.79 Å². The summed E-state index contributed by atoms with van der Waals surface area (Å²) in [7, 11) is 0. The molecule has 5 nitrogen and oxygen atoms in total. The van der Waals surface area contributed by atoms with E-state index in [1.165, 1.54) is 0 Å². The minimum atomic E-state index is -0.284. The van der Waals surface area contributed by atoms with E-state index in [0.29, 0.717) is 6.61 Å². The lowest BCUT2D eigenvalue weighted by molar-refractivity contribution is -0.145. The van der Waals surface area contributed by atoms with Crippen LogP contribution in [-0.2, 0) is 29.1 Å². The zero-order valence-corrected chi connectivity index (χ0v) is 10.2. The Morgan fingerprint density at radius 3 is 2.83 bits per heavy atom. The zero-order valence-electron chi connectivity index (χ0n) is 10.2. The molecule has 0 radical (unpaired) electrons. The van der Waals surface area contributed by atoms with Gasteiger partial charge < -0.3 is 9.30 Å². The smallest absolute Gasteiger partial charge is 0.326 e. The summed E-state index contributed by atoms with van der Waals surface area (Å²) in [5.41, 5.74) is 0.977. The Kier molecular flexibility index (Phi) is 4.06. The predicted octanol–water partition coefficient (Wildman–Crippen LogP) is 1.58. The summed E-state index contributed by atoms with van der Waals surface area (Å²) in [6, 6.07) is 9.60. The number of carbonyl (C=O) groups is 1. The van der Waals surface area contributed by atoms with Crippen molar-refractivity contribution in [3.8, 4) is 0 Å². The van der Waals surface area contributed by atoms with E-state index in [2.05, 4.69) is 10.2 Å². The van der Waals surface area contributed by atoms with Crippen molar-refractivity contribution in [2.45, 2.75) is 26.5 Å². The third-order valence-electron chi connectivity index (χ3n) is 2.55. The highest BCUT2D eigenvalue weighted by atomic mass is 16.5. The van der Waals surface area contributed by atoms with Crippen LogP contribution in [0, 0.1) is 0 Å². The normalized spacial score (nSPS) is 10.3. The first kappa shape index (κ1) is 12.3. The Labute approximate surface area is 105 Å². The van der Waals surface area contributed by atoms with E-state index in [0.717, 1.165) is 17.8 Å². The second kappa shape index (κ2) is 5.95. The van der Waals surface area contributed by atoms with Crippen LogP contribution in [0.25, 0.3) is 0 Å².